The van der Waals surface area contributed by atoms with Crippen LogP contribution in [0.25, 0.3) is 0 Å². The first-order chi connectivity index (χ1) is 12.7. The molecule has 6 nitrogen and oxygen atoms in total. The van der Waals surface area contributed by atoms with E-state index >= 15 is 0 Å². The van der Waals surface area contributed by atoms with Crippen molar-refractivity contribution < 1.29 is 23.5 Å². The van der Waals surface area contributed by atoms with E-state index < -0.39 is 29.1 Å². The van der Waals surface area contributed by atoms with Crippen molar-refractivity contribution in [2.45, 2.75) is 65.3 Å². The fraction of sp³-hybridized carbons (Fsp3) is 0.550. The molecule has 0 aliphatic heterocycles. The van der Waals surface area contributed by atoms with Crippen LogP contribution in [0.3, 0.4) is 0 Å². The molecule has 0 aliphatic carbocycles. The quantitative estimate of drug-likeness (QED) is 0.478. The number of unbranched alkanes of at least 4 members (excludes halogenated alkanes) is 3. The Morgan fingerprint density at radius 3 is 2.44 bits per heavy atom. The minimum atomic E-state index is -1.18. The zero-order valence-electron chi connectivity index (χ0n) is 16.5. The third kappa shape index (κ3) is 7.00. The Labute approximate surface area is 159 Å². The van der Waals surface area contributed by atoms with Gasteiger partial charge in [-0.3, -0.25) is 9.59 Å². The van der Waals surface area contributed by atoms with Crippen molar-refractivity contribution in [2.24, 2.45) is 0 Å². The molecule has 0 bridgehead atoms. The zero-order chi connectivity index (χ0) is 20.4. The Bertz CT molecular complexity index is 678. The number of halogens is 1. The molecule has 1 atom stereocenters. The Morgan fingerprint density at radius 2 is 1.85 bits per heavy atom. The highest BCUT2D eigenvalue weighted by atomic mass is 19.1. The van der Waals surface area contributed by atoms with Gasteiger partial charge in [0.2, 0.25) is 5.91 Å². The number of hydrogen-bond acceptors (Lipinski definition) is 4. The highest BCUT2D eigenvalue weighted by molar-refractivity contribution is 5.99. The minimum Gasteiger partial charge on any atom is -0.464 e. The maximum absolute atomic E-state index is 13.8. The number of rotatable bonds is 10. The zero-order valence-corrected chi connectivity index (χ0v) is 16.5. The van der Waals surface area contributed by atoms with E-state index in [1.165, 1.54) is 19.1 Å². The Morgan fingerprint density at radius 1 is 1.15 bits per heavy atom. The highest BCUT2D eigenvalue weighted by Gasteiger charge is 2.36. The van der Waals surface area contributed by atoms with Gasteiger partial charge in [-0.25, -0.2) is 9.18 Å². The van der Waals surface area contributed by atoms with E-state index in [-0.39, 0.29) is 17.9 Å². The van der Waals surface area contributed by atoms with E-state index in [1.807, 2.05) is 0 Å². The number of carbonyl (C=O) groups is 3. The number of hydrogen-bond donors (Lipinski definition) is 2. The number of anilines is 1. The molecule has 0 heterocycles. The van der Waals surface area contributed by atoms with E-state index in [9.17, 15) is 18.8 Å². The molecule has 0 spiro atoms. The number of esters is 1. The van der Waals surface area contributed by atoms with Gasteiger partial charge >= 0.3 is 5.97 Å². The van der Waals surface area contributed by atoms with Crippen molar-refractivity contribution >= 4 is 23.5 Å². The van der Waals surface area contributed by atoms with E-state index in [4.69, 9.17) is 4.74 Å². The minimum absolute atomic E-state index is 0.0871. The smallest absolute Gasteiger partial charge is 0.331 e. The molecule has 7 heteroatoms. The second-order valence-electron chi connectivity index (χ2n) is 6.69. The molecular formula is C20H29FN2O4. The van der Waals surface area contributed by atoms with Gasteiger partial charge in [-0.2, -0.15) is 0 Å². The molecule has 150 valence electrons. The number of benzene rings is 1. The van der Waals surface area contributed by atoms with Crippen LogP contribution in [0.4, 0.5) is 10.1 Å². The monoisotopic (exact) mass is 380 g/mol. The van der Waals surface area contributed by atoms with Crippen molar-refractivity contribution in [2.75, 3.05) is 11.9 Å². The lowest BCUT2D eigenvalue weighted by Gasteiger charge is -2.28. The van der Waals surface area contributed by atoms with Gasteiger partial charge in [-0.15, -0.1) is 0 Å². The summed E-state index contributed by atoms with van der Waals surface area (Å²) in [6.07, 6.45) is 4.26. The Kier molecular flexibility index (Phi) is 8.91. The fourth-order valence-corrected chi connectivity index (χ4v) is 2.69. The molecule has 27 heavy (non-hydrogen) atoms. The molecule has 0 saturated heterocycles. The van der Waals surface area contributed by atoms with Gasteiger partial charge in [0.25, 0.3) is 5.91 Å². The fourth-order valence-electron chi connectivity index (χ4n) is 2.69. The SMILES string of the molecule is CCCCCCC(C)(NC(=O)c1ccc(F)c(NC(C)=O)c1)C(=O)OCC. The van der Waals surface area contributed by atoms with E-state index in [0.717, 1.165) is 31.7 Å². The summed E-state index contributed by atoms with van der Waals surface area (Å²) in [5, 5.41) is 5.06. The van der Waals surface area contributed by atoms with Crippen molar-refractivity contribution in [3.05, 3.63) is 29.6 Å². The average Bonchev–Trinajstić information content (AvgIpc) is 2.60. The van der Waals surface area contributed by atoms with Gasteiger partial charge in [0, 0.05) is 12.5 Å². The average molecular weight is 380 g/mol. The molecule has 1 aromatic carbocycles. The van der Waals surface area contributed by atoms with Crippen LogP contribution in [0.2, 0.25) is 0 Å². The summed E-state index contributed by atoms with van der Waals surface area (Å²) in [5.41, 5.74) is -1.12. The predicted molar refractivity (Wildman–Crippen MR) is 102 cm³/mol. The van der Waals surface area contributed by atoms with Gasteiger partial charge < -0.3 is 15.4 Å². The maximum atomic E-state index is 13.8. The van der Waals surface area contributed by atoms with Crippen LogP contribution >= 0.6 is 0 Å². The Hall–Kier alpha value is -2.44. The van der Waals surface area contributed by atoms with Crippen molar-refractivity contribution in [1.29, 1.82) is 0 Å². The summed E-state index contributed by atoms with van der Waals surface area (Å²) in [5.74, 6) is -2.13. The molecule has 1 aromatic rings. The normalized spacial score (nSPS) is 12.8. The first-order valence-corrected chi connectivity index (χ1v) is 9.30. The van der Waals surface area contributed by atoms with Crippen molar-refractivity contribution in [1.82, 2.24) is 5.32 Å². The second-order valence-corrected chi connectivity index (χ2v) is 6.69. The summed E-state index contributed by atoms with van der Waals surface area (Å²) in [6.45, 7) is 6.89. The predicted octanol–water partition coefficient (Wildman–Crippen LogP) is 3.81. The highest BCUT2D eigenvalue weighted by Crippen LogP contribution is 2.21. The van der Waals surface area contributed by atoms with Crippen LogP contribution in [0, 0.1) is 5.82 Å². The van der Waals surface area contributed by atoms with Gasteiger partial charge in [-0.1, -0.05) is 32.6 Å². The van der Waals surface area contributed by atoms with Gasteiger partial charge in [0.15, 0.2) is 0 Å². The lowest BCUT2D eigenvalue weighted by atomic mass is 9.93. The summed E-state index contributed by atoms with van der Waals surface area (Å²) >= 11 is 0. The molecule has 0 aromatic heterocycles. The topological polar surface area (TPSA) is 84.5 Å². The third-order valence-electron chi connectivity index (χ3n) is 4.18. The lowest BCUT2D eigenvalue weighted by molar-refractivity contribution is -0.150. The largest absolute Gasteiger partial charge is 0.464 e. The first-order valence-electron chi connectivity index (χ1n) is 9.30. The van der Waals surface area contributed by atoms with Crippen LogP contribution in [0.5, 0.6) is 0 Å². The van der Waals surface area contributed by atoms with Gasteiger partial charge in [-0.05, 0) is 38.5 Å². The van der Waals surface area contributed by atoms with Crippen LogP contribution < -0.4 is 10.6 Å². The molecule has 0 aliphatic rings. The number of ether oxygens (including phenoxy) is 1. The van der Waals surface area contributed by atoms with Crippen LogP contribution in [0.1, 0.15) is 70.2 Å². The second kappa shape index (κ2) is 10.6. The van der Waals surface area contributed by atoms with Crippen LogP contribution in [-0.4, -0.2) is 29.9 Å². The Balaban J connectivity index is 2.97. The van der Waals surface area contributed by atoms with E-state index in [2.05, 4.69) is 17.6 Å². The van der Waals surface area contributed by atoms with Crippen LogP contribution in [0.15, 0.2) is 18.2 Å². The summed E-state index contributed by atoms with van der Waals surface area (Å²) < 4.78 is 18.9. The molecule has 0 fully saturated rings. The molecule has 2 N–H and O–H groups in total. The standard InChI is InChI=1S/C20H29FN2O4/c1-5-7-8-9-12-20(4,19(26)27-6-2)23-18(25)15-10-11-16(21)17(13-15)22-14(3)24/h10-11,13H,5-9,12H2,1-4H3,(H,22,24)(H,23,25). The molecule has 0 saturated carbocycles. The van der Waals surface area contributed by atoms with E-state index in [1.54, 1.807) is 13.8 Å². The number of amides is 2. The molecular weight excluding hydrogens is 351 g/mol. The first kappa shape index (κ1) is 22.6. The summed E-state index contributed by atoms with van der Waals surface area (Å²) in [6, 6.07) is 3.65. The molecule has 2 amide bonds. The lowest BCUT2D eigenvalue weighted by Crippen LogP contribution is -2.53. The third-order valence-corrected chi connectivity index (χ3v) is 4.18. The van der Waals surface area contributed by atoms with Crippen LogP contribution in [-0.2, 0) is 14.3 Å². The molecule has 1 rings (SSSR count). The number of carbonyl (C=O) groups excluding carboxylic acids is 3. The number of nitrogens with one attached hydrogen (secondary N) is 2. The van der Waals surface area contributed by atoms with E-state index in [0.29, 0.717) is 6.42 Å². The van der Waals surface area contributed by atoms with Gasteiger partial charge in [0.1, 0.15) is 11.4 Å². The van der Waals surface area contributed by atoms with Crippen molar-refractivity contribution in [3.63, 3.8) is 0 Å². The molecule has 1 unspecified atom stereocenters. The van der Waals surface area contributed by atoms with Gasteiger partial charge in [0.05, 0.1) is 12.3 Å². The summed E-state index contributed by atoms with van der Waals surface area (Å²) in [7, 11) is 0. The summed E-state index contributed by atoms with van der Waals surface area (Å²) in [4.78, 5) is 36.2. The molecule has 0 radical (unpaired) electrons. The maximum Gasteiger partial charge on any atom is 0.331 e. The van der Waals surface area contributed by atoms with Crippen molar-refractivity contribution in [3.8, 4) is 0 Å².